The average molecular weight is 436 g/mol. The Kier molecular flexibility index (Phi) is 5.78. The lowest BCUT2D eigenvalue weighted by Gasteiger charge is -2.16. The molecule has 1 aliphatic rings. The highest BCUT2D eigenvalue weighted by atomic mass is 32.1. The van der Waals surface area contributed by atoms with Gasteiger partial charge in [-0.1, -0.05) is 24.3 Å². The molecule has 0 unspecified atom stereocenters. The third kappa shape index (κ3) is 4.32. The zero-order valence-corrected chi connectivity index (χ0v) is 18.7. The third-order valence-electron chi connectivity index (χ3n) is 5.48. The van der Waals surface area contributed by atoms with Crippen LogP contribution in [0.5, 0.6) is 5.75 Å². The van der Waals surface area contributed by atoms with E-state index < -0.39 is 5.41 Å². The molecule has 0 bridgehead atoms. The van der Waals surface area contributed by atoms with Crippen LogP contribution >= 0.6 is 11.3 Å². The highest BCUT2D eigenvalue weighted by Crippen LogP contribution is 2.42. The lowest BCUT2D eigenvalue weighted by atomic mass is 9.85. The second-order valence-corrected chi connectivity index (χ2v) is 8.93. The smallest absolute Gasteiger partial charge is 0.236 e. The SMILES string of the molecule is CN1C(=O)C(C)(C)c2cc(-c3csc(NC(=O)CCCOc4ccccc4)n3)ccc21. The molecule has 160 valence electrons. The number of ether oxygens (including phenoxy) is 1. The highest BCUT2D eigenvalue weighted by Gasteiger charge is 2.42. The predicted molar refractivity (Wildman–Crippen MR) is 124 cm³/mol. The number of nitrogens with one attached hydrogen (secondary N) is 1. The summed E-state index contributed by atoms with van der Waals surface area (Å²) in [4.78, 5) is 31.0. The summed E-state index contributed by atoms with van der Waals surface area (Å²) in [5, 5.41) is 5.35. The van der Waals surface area contributed by atoms with Gasteiger partial charge in [0.25, 0.3) is 0 Å². The van der Waals surface area contributed by atoms with Gasteiger partial charge in [-0.15, -0.1) is 11.3 Å². The van der Waals surface area contributed by atoms with Gasteiger partial charge in [0.15, 0.2) is 5.13 Å². The summed E-state index contributed by atoms with van der Waals surface area (Å²) in [6.07, 6.45) is 0.990. The van der Waals surface area contributed by atoms with E-state index in [1.807, 2.05) is 67.8 Å². The summed E-state index contributed by atoms with van der Waals surface area (Å²) < 4.78 is 5.62. The molecule has 2 amide bonds. The molecule has 0 aliphatic carbocycles. The fourth-order valence-corrected chi connectivity index (χ4v) is 4.45. The molecule has 0 saturated carbocycles. The van der Waals surface area contributed by atoms with Crippen LogP contribution < -0.4 is 15.0 Å². The van der Waals surface area contributed by atoms with Crippen LogP contribution in [0.3, 0.4) is 0 Å². The Balaban J connectivity index is 1.35. The van der Waals surface area contributed by atoms with Gasteiger partial charge in [-0.25, -0.2) is 4.98 Å². The van der Waals surface area contributed by atoms with Crippen molar-refractivity contribution >= 4 is 34.0 Å². The van der Waals surface area contributed by atoms with Crippen molar-refractivity contribution in [1.29, 1.82) is 0 Å². The maximum absolute atomic E-state index is 12.5. The zero-order valence-electron chi connectivity index (χ0n) is 17.8. The van der Waals surface area contributed by atoms with Crippen molar-refractivity contribution in [3.63, 3.8) is 0 Å². The molecule has 7 heteroatoms. The number of carbonyl (C=O) groups is 2. The molecular weight excluding hydrogens is 410 g/mol. The summed E-state index contributed by atoms with van der Waals surface area (Å²) in [5.74, 6) is 0.805. The second-order valence-electron chi connectivity index (χ2n) is 8.07. The lowest BCUT2D eigenvalue weighted by molar-refractivity contribution is -0.121. The minimum atomic E-state index is -0.561. The molecule has 0 atom stereocenters. The third-order valence-corrected chi connectivity index (χ3v) is 6.23. The average Bonchev–Trinajstić information content (AvgIpc) is 3.30. The first kappa shape index (κ1) is 21.1. The summed E-state index contributed by atoms with van der Waals surface area (Å²) in [6.45, 7) is 4.37. The van der Waals surface area contributed by atoms with Gasteiger partial charge in [-0.05, 0) is 50.1 Å². The van der Waals surface area contributed by atoms with E-state index in [1.54, 1.807) is 11.9 Å². The molecule has 6 nitrogen and oxygen atoms in total. The number of nitrogens with zero attached hydrogens (tertiary/aromatic N) is 2. The molecule has 3 aromatic rings. The fraction of sp³-hybridized carbons (Fsp3) is 0.292. The predicted octanol–water partition coefficient (Wildman–Crippen LogP) is 4.86. The number of thiazole rings is 1. The Morgan fingerprint density at radius 2 is 1.97 bits per heavy atom. The van der Waals surface area contributed by atoms with E-state index >= 15 is 0 Å². The van der Waals surface area contributed by atoms with E-state index in [0.717, 1.165) is 28.3 Å². The van der Waals surface area contributed by atoms with Crippen LogP contribution in [0.4, 0.5) is 10.8 Å². The van der Waals surface area contributed by atoms with Crippen molar-refractivity contribution in [2.24, 2.45) is 0 Å². The highest BCUT2D eigenvalue weighted by molar-refractivity contribution is 7.14. The lowest BCUT2D eigenvalue weighted by Crippen LogP contribution is -2.33. The largest absolute Gasteiger partial charge is 0.494 e. The summed E-state index contributed by atoms with van der Waals surface area (Å²) >= 11 is 1.39. The number of fused-ring (bicyclic) bond motifs is 1. The summed E-state index contributed by atoms with van der Waals surface area (Å²) in [5.41, 5.74) is 3.08. The molecule has 1 aromatic heterocycles. The Morgan fingerprint density at radius 1 is 1.19 bits per heavy atom. The Hall–Kier alpha value is -3.19. The van der Waals surface area contributed by atoms with Crippen molar-refractivity contribution in [2.75, 3.05) is 23.9 Å². The molecule has 4 rings (SSSR count). The van der Waals surface area contributed by atoms with Gasteiger partial charge in [0.2, 0.25) is 11.8 Å². The van der Waals surface area contributed by atoms with Crippen LogP contribution in [0.25, 0.3) is 11.3 Å². The van der Waals surface area contributed by atoms with Crippen molar-refractivity contribution in [3.05, 3.63) is 59.5 Å². The number of rotatable bonds is 7. The van der Waals surface area contributed by atoms with Gasteiger partial charge in [0.1, 0.15) is 5.75 Å². The molecule has 2 heterocycles. The van der Waals surface area contributed by atoms with E-state index in [9.17, 15) is 9.59 Å². The number of benzene rings is 2. The quantitative estimate of drug-likeness (QED) is 0.538. The maximum Gasteiger partial charge on any atom is 0.236 e. The topological polar surface area (TPSA) is 71.5 Å². The van der Waals surface area contributed by atoms with Crippen LogP contribution in [0, 0.1) is 0 Å². The fourth-order valence-electron chi connectivity index (χ4n) is 3.72. The van der Waals surface area contributed by atoms with Gasteiger partial charge in [-0.3, -0.25) is 9.59 Å². The number of hydrogen-bond donors (Lipinski definition) is 1. The molecule has 0 saturated heterocycles. The molecule has 0 spiro atoms. The number of para-hydroxylation sites is 1. The number of hydrogen-bond acceptors (Lipinski definition) is 5. The van der Waals surface area contributed by atoms with Gasteiger partial charge < -0.3 is 15.0 Å². The van der Waals surface area contributed by atoms with Gasteiger partial charge in [-0.2, -0.15) is 0 Å². The van der Waals surface area contributed by atoms with E-state index in [1.165, 1.54) is 11.3 Å². The van der Waals surface area contributed by atoms with Crippen molar-refractivity contribution in [1.82, 2.24) is 4.98 Å². The van der Waals surface area contributed by atoms with Crippen molar-refractivity contribution in [3.8, 4) is 17.0 Å². The molecular formula is C24H25N3O3S. The van der Waals surface area contributed by atoms with Crippen LogP contribution in [0.2, 0.25) is 0 Å². The Labute approximate surface area is 185 Å². The molecule has 0 radical (unpaired) electrons. The van der Waals surface area contributed by atoms with Gasteiger partial charge >= 0.3 is 0 Å². The van der Waals surface area contributed by atoms with E-state index in [4.69, 9.17) is 4.74 Å². The molecule has 31 heavy (non-hydrogen) atoms. The minimum Gasteiger partial charge on any atom is -0.494 e. The molecule has 0 fully saturated rings. The first-order chi connectivity index (χ1) is 14.9. The summed E-state index contributed by atoms with van der Waals surface area (Å²) in [7, 11) is 1.80. The molecule has 2 aromatic carbocycles. The molecule has 1 aliphatic heterocycles. The Bertz CT molecular complexity index is 1110. The maximum atomic E-state index is 12.5. The number of likely N-dealkylation sites (N-methyl/N-ethyl adjacent to an activating group) is 1. The zero-order chi connectivity index (χ0) is 22.0. The molecule has 1 N–H and O–H groups in total. The number of amides is 2. The van der Waals surface area contributed by atoms with Crippen LogP contribution in [-0.2, 0) is 15.0 Å². The van der Waals surface area contributed by atoms with Crippen molar-refractivity contribution in [2.45, 2.75) is 32.1 Å². The minimum absolute atomic E-state index is 0.0835. The first-order valence-electron chi connectivity index (χ1n) is 10.2. The summed E-state index contributed by atoms with van der Waals surface area (Å²) in [6, 6.07) is 15.5. The first-order valence-corrected chi connectivity index (χ1v) is 11.1. The second kappa shape index (κ2) is 8.51. The van der Waals surface area contributed by atoms with E-state index in [2.05, 4.69) is 10.3 Å². The van der Waals surface area contributed by atoms with Gasteiger partial charge in [0.05, 0.1) is 17.7 Å². The van der Waals surface area contributed by atoms with E-state index in [-0.39, 0.29) is 11.8 Å². The number of anilines is 2. The number of carbonyl (C=O) groups excluding carboxylic acids is 2. The van der Waals surface area contributed by atoms with Crippen LogP contribution in [0.1, 0.15) is 32.3 Å². The van der Waals surface area contributed by atoms with E-state index in [0.29, 0.717) is 24.6 Å². The monoisotopic (exact) mass is 435 g/mol. The van der Waals surface area contributed by atoms with Gasteiger partial charge in [0, 0.05) is 30.1 Å². The normalized spacial score (nSPS) is 14.4. The number of aromatic nitrogens is 1. The Morgan fingerprint density at radius 3 is 2.74 bits per heavy atom. The standard InChI is InChI=1S/C24H25N3O3S/c1-24(2)18-14-16(11-12-20(18)27(3)22(24)29)19-15-31-23(25-19)26-21(28)10-7-13-30-17-8-5-4-6-9-17/h4-6,8-9,11-12,14-15H,7,10,13H2,1-3H3,(H,25,26,28). The van der Waals surface area contributed by atoms with Crippen LogP contribution in [-0.4, -0.2) is 30.5 Å². The van der Waals surface area contributed by atoms with Crippen LogP contribution in [0.15, 0.2) is 53.9 Å². The van der Waals surface area contributed by atoms with Crippen molar-refractivity contribution < 1.29 is 14.3 Å².